The molecule has 0 bridgehead atoms. The van der Waals surface area contributed by atoms with Gasteiger partial charge in [0, 0.05) is 11.1 Å². The Hall–Kier alpha value is -1.82. The minimum atomic E-state index is -0.847. The monoisotopic (exact) mass is 359 g/mol. The van der Waals surface area contributed by atoms with Gasteiger partial charge in [-0.25, -0.2) is 4.79 Å². The summed E-state index contributed by atoms with van der Waals surface area (Å²) < 4.78 is 5.05. The molecule has 2 aromatic carbocycles. The summed E-state index contributed by atoms with van der Waals surface area (Å²) in [7, 11) is 0. The fourth-order valence-corrected chi connectivity index (χ4v) is 2.18. The molecule has 0 heterocycles. The highest BCUT2D eigenvalue weighted by molar-refractivity contribution is 6.42. The van der Waals surface area contributed by atoms with E-state index in [0.29, 0.717) is 15.6 Å². The van der Waals surface area contributed by atoms with E-state index in [1.807, 2.05) is 0 Å². The molecule has 0 spiro atoms. The maximum Gasteiger partial charge on any atom is 0.345 e. The molecule has 0 aliphatic heterocycles. The van der Waals surface area contributed by atoms with Crippen molar-refractivity contribution in [1.82, 2.24) is 0 Å². The minimum absolute atomic E-state index is 0.0978. The molecule has 8 heteroatoms. The van der Waals surface area contributed by atoms with Gasteiger partial charge in [0.15, 0.2) is 0 Å². The van der Waals surface area contributed by atoms with E-state index in [4.69, 9.17) is 39.5 Å². The largest absolute Gasteiger partial charge is 0.457 e. The molecule has 2 rings (SSSR count). The summed E-state index contributed by atoms with van der Waals surface area (Å²) in [6.45, 7) is -0.0978. The first-order chi connectivity index (χ1) is 10.4. The topological polar surface area (TPSA) is 69.4 Å². The Balaban J connectivity index is 2.17. The van der Waals surface area contributed by atoms with Crippen LogP contribution in [0.2, 0.25) is 15.1 Å². The number of esters is 1. The van der Waals surface area contributed by atoms with Gasteiger partial charge in [-0.2, -0.15) is 0 Å². The fraction of sp³-hybridized carbons (Fsp3) is 0.0714. The highest BCUT2D eigenvalue weighted by Gasteiger charge is 2.21. The van der Waals surface area contributed by atoms with Crippen LogP contribution in [0.3, 0.4) is 0 Å². The zero-order valence-electron chi connectivity index (χ0n) is 10.9. The number of nitrogens with zero attached hydrogens (tertiary/aromatic N) is 1. The standard InChI is InChI=1S/C14H8Cl3NO4/c15-9-2-4-13(18(20)21)10(6-9)14(19)22-7-8-1-3-11(16)12(17)5-8/h1-6H,7H2. The maximum absolute atomic E-state index is 12.0. The van der Waals surface area contributed by atoms with Crippen molar-refractivity contribution in [2.24, 2.45) is 0 Å². The fourth-order valence-electron chi connectivity index (χ4n) is 1.69. The molecular formula is C14H8Cl3NO4. The molecule has 22 heavy (non-hydrogen) atoms. The van der Waals surface area contributed by atoms with Gasteiger partial charge in [0.2, 0.25) is 0 Å². The summed E-state index contributed by atoms with van der Waals surface area (Å²) in [4.78, 5) is 22.2. The van der Waals surface area contributed by atoms with Crippen LogP contribution in [0.15, 0.2) is 36.4 Å². The summed E-state index contributed by atoms with van der Waals surface area (Å²) in [5, 5.41) is 11.8. The number of hydrogen-bond donors (Lipinski definition) is 0. The Labute approximate surface area is 140 Å². The Kier molecular flexibility index (Phi) is 5.24. The van der Waals surface area contributed by atoms with Crippen molar-refractivity contribution in [3.63, 3.8) is 0 Å². The van der Waals surface area contributed by atoms with Crippen LogP contribution in [0.4, 0.5) is 5.69 Å². The van der Waals surface area contributed by atoms with Gasteiger partial charge in [-0.05, 0) is 29.8 Å². The molecule has 0 N–H and O–H groups in total. The van der Waals surface area contributed by atoms with Gasteiger partial charge in [-0.3, -0.25) is 10.1 Å². The van der Waals surface area contributed by atoms with E-state index in [0.717, 1.165) is 6.07 Å². The molecule has 0 aliphatic rings. The van der Waals surface area contributed by atoms with Crippen molar-refractivity contribution >= 4 is 46.5 Å². The van der Waals surface area contributed by atoms with Gasteiger partial charge in [0.05, 0.1) is 15.0 Å². The van der Waals surface area contributed by atoms with Crippen LogP contribution in [0.25, 0.3) is 0 Å². The number of hydrogen-bond acceptors (Lipinski definition) is 4. The predicted octanol–water partition coefficient (Wildman–Crippen LogP) is 4.91. The van der Waals surface area contributed by atoms with Gasteiger partial charge in [-0.15, -0.1) is 0 Å². The first-order valence-electron chi connectivity index (χ1n) is 5.93. The third-order valence-electron chi connectivity index (χ3n) is 2.73. The van der Waals surface area contributed by atoms with E-state index >= 15 is 0 Å². The Morgan fingerprint density at radius 3 is 2.45 bits per heavy atom. The van der Waals surface area contributed by atoms with E-state index in [9.17, 15) is 14.9 Å². The summed E-state index contributed by atoms with van der Waals surface area (Å²) in [6.07, 6.45) is 0. The first-order valence-corrected chi connectivity index (χ1v) is 7.07. The molecule has 0 unspecified atom stereocenters. The third kappa shape index (κ3) is 3.88. The van der Waals surface area contributed by atoms with Gasteiger partial charge in [-0.1, -0.05) is 40.9 Å². The molecule has 0 saturated carbocycles. The molecule has 0 saturated heterocycles. The summed E-state index contributed by atoms with van der Waals surface area (Å²) >= 11 is 17.4. The van der Waals surface area contributed by atoms with Gasteiger partial charge in [0.25, 0.3) is 5.69 Å². The zero-order valence-corrected chi connectivity index (χ0v) is 13.2. The second-order valence-corrected chi connectivity index (χ2v) is 5.49. The van der Waals surface area contributed by atoms with Crippen LogP contribution in [0.1, 0.15) is 15.9 Å². The second-order valence-electron chi connectivity index (χ2n) is 4.24. The molecular weight excluding hydrogens is 353 g/mol. The first kappa shape index (κ1) is 16.5. The average molecular weight is 361 g/mol. The Bertz CT molecular complexity index is 749. The number of nitro benzene ring substituents is 1. The highest BCUT2D eigenvalue weighted by atomic mass is 35.5. The molecule has 0 amide bonds. The zero-order chi connectivity index (χ0) is 16.3. The number of ether oxygens (including phenoxy) is 1. The van der Waals surface area contributed by atoms with Crippen molar-refractivity contribution < 1.29 is 14.5 Å². The highest BCUT2D eigenvalue weighted by Crippen LogP contribution is 2.25. The van der Waals surface area contributed by atoms with Gasteiger partial charge in [0.1, 0.15) is 12.2 Å². The molecule has 2 aromatic rings. The maximum atomic E-state index is 12.0. The van der Waals surface area contributed by atoms with Crippen molar-refractivity contribution in [2.75, 3.05) is 0 Å². The van der Waals surface area contributed by atoms with E-state index in [1.165, 1.54) is 12.1 Å². The van der Waals surface area contributed by atoms with Crippen LogP contribution in [-0.2, 0) is 11.3 Å². The number of halogens is 3. The van der Waals surface area contributed by atoms with Crippen LogP contribution in [0, 0.1) is 10.1 Å². The number of nitro groups is 1. The molecule has 0 radical (unpaired) electrons. The number of benzene rings is 2. The number of rotatable bonds is 4. The van der Waals surface area contributed by atoms with Crippen LogP contribution in [0.5, 0.6) is 0 Å². The molecule has 5 nitrogen and oxygen atoms in total. The molecule has 114 valence electrons. The quantitative estimate of drug-likeness (QED) is 0.441. The second kappa shape index (κ2) is 6.96. The smallest absolute Gasteiger partial charge is 0.345 e. The minimum Gasteiger partial charge on any atom is -0.457 e. The molecule has 0 aromatic heterocycles. The van der Waals surface area contributed by atoms with Crippen molar-refractivity contribution in [2.45, 2.75) is 6.61 Å². The summed E-state index contributed by atoms with van der Waals surface area (Å²) in [5.41, 5.74) is 0.0218. The molecule has 0 atom stereocenters. The third-order valence-corrected chi connectivity index (χ3v) is 3.70. The SMILES string of the molecule is O=C(OCc1ccc(Cl)c(Cl)c1)c1cc(Cl)ccc1[N+](=O)[O-]. The lowest BCUT2D eigenvalue weighted by Crippen LogP contribution is -2.08. The van der Waals surface area contributed by atoms with Gasteiger partial charge >= 0.3 is 5.97 Å². The lowest BCUT2D eigenvalue weighted by atomic mass is 10.2. The summed E-state index contributed by atoms with van der Waals surface area (Å²) in [5.74, 6) is -0.847. The van der Waals surface area contributed by atoms with Gasteiger partial charge < -0.3 is 4.74 Å². The Morgan fingerprint density at radius 1 is 1.09 bits per heavy atom. The van der Waals surface area contributed by atoms with Crippen LogP contribution in [-0.4, -0.2) is 10.9 Å². The van der Waals surface area contributed by atoms with Crippen molar-refractivity contribution in [1.29, 1.82) is 0 Å². The normalized spacial score (nSPS) is 10.3. The summed E-state index contributed by atoms with van der Waals surface area (Å²) in [6, 6.07) is 8.41. The molecule has 0 fully saturated rings. The number of carbonyl (C=O) groups is 1. The predicted molar refractivity (Wildman–Crippen MR) is 83.7 cm³/mol. The van der Waals surface area contributed by atoms with E-state index < -0.39 is 10.9 Å². The lowest BCUT2D eigenvalue weighted by molar-refractivity contribution is -0.385. The lowest BCUT2D eigenvalue weighted by Gasteiger charge is -2.07. The van der Waals surface area contributed by atoms with E-state index in [1.54, 1.807) is 18.2 Å². The van der Waals surface area contributed by atoms with E-state index in [-0.39, 0.29) is 22.9 Å². The van der Waals surface area contributed by atoms with Crippen molar-refractivity contribution in [3.05, 3.63) is 72.7 Å². The van der Waals surface area contributed by atoms with Crippen molar-refractivity contribution in [3.8, 4) is 0 Å². The van der Waals surface area contributed by atoms with Crippen LogP contribution < -0.4 is 0 Å². The average Bonchev–Trinajstić information content (AvgIpc) is 2.47. The van der Waals surface area contributed by atoms with Crippen LogP contribution >= 0.6 is 34.8 Å². The molecule has 0 aliphatic carbocycles. The van der Waals surface area contributed by atoms with E-state index in [2.05, 4.69) is 0 Å². The number of carbonyl (C=O) groups excluding carboxylic acids is 1. The Morgan fingerprint density at radius 2 is 1.82 bits per heavy atom.